The number of benzene rings is 2. The van der Waals surface area contributed by atoms with Crippen molar-refractivity contribution < 1.29 is 4.42 Å². The fraction of sp³-hybridized carbons (Fsp3) is 0.360. The van der Waals surface area contributed by atoms with Crippen LogP contribution in [-0.2, 0) is 6.54 Å². The van der Waals surface area contributed by atoms with Crippen molar-refractivity contribution in [2.75, 3.05) is 25.0 Å². The van der Waals surface area contributed by atoms with Crippen molar-refractivity contribution in [3.8, 4) is 11.3 Å². The molecule has 2 heterocycles. The van der Waals surface area contributed by atoms with Gasteiger partial charge in [-0.1, -0.05) is 42.0 Å². The average molecular weight is 418 g/mol. The first-order chi connectivity index (χ1) is 15.1. The Balaban J connectivity index is 1.35. The minimum absolute atomic E-state index is 0.126. The molecule has 1 unspecified atom stereocenters. The van der Waals surface area contributed by atoms with E-state index in [1.165, 1.54) is 29.7 Å². The summed E-state index contributed by atoms with van der Waals surface area (Å²) in [5.41, 5.74) is 4.79. The summed E-state index contributed by atoms with van der Waals surface area (Å²) in [6.07, 6.45) is 4.33. The summed E-state index contributed by atoms with van der Waals surface area (Å²) >= 11 is 0. The Bertz CT molecular complexity index is 1020. The predicted molar refractivity (Wildman–Crippen MR) is 126 cm³/mol. The number of guanidine groups is 1. The van der Waals surface area contributed by atoms with E-state index in [9.17, 15) is 0 Å². The van der Waals surface area contributed by atoms with Crippen LogP contribution in [-0.4, -0.2) is 31.1 Å². The second kappa shape index (κ2) is 9.69. The van der Waals surface area contributed by atoms with Crippen LogP contribution in [0.15, 0.2) is 64.1 Å². The van der Waals surface area contributed by atoms with Gasteiger partial charge in [-0.25, -0.2) is 4.98 Å². The number of rotatable bonds is 6. The van der Waals surface area contributed by atoms with E-state index in [0.717, 1.165) is 24.4 Å². The SMILES string of the molecule is CN=C(NCc1ncc(-c2ccc(C)cc2)o1)NC(C)c1cccc(N2CCCC2)c1. The maximum absolute atomic E-state index is 5.90. The molecule has 1 aromatic heterocycles. The fourth-order valence-electron chi connectivity index (χ4n) is 3.85. The van der Waals surface area contributed by atoms with Gasteiger partial charge >= 0.3 is 0 Å². The van der Waals surface area contributed by atoms with Gasteiger partial charge in [0.05, 0.1) is 18.8 Å². The second-order valence-corrected chi connectivity index (χ2v) is 8.07. The third kappa shape index (κ3) is 5.26. The van der Waals surface area contributed by atoms with Crippen LogP contribution < -0.4 is 15.5 Å². The van der Waals surface area contributed by atoms with Gasteiger partial charge < -0.3 is 20.0 Å². The predicted octanol–water partition coefficient (Wildman–Crippen LogP) is 4.68. The van der Waals surface area contributed by atoms with Gasteiger partial charge in [0.25, 0.3) is 0 Å². The molecule has 1 fully saturated rings. The van der Waals surface area contributed by atoms with Gasteiger partial charge in [0.2, 0.25) is 5.89 Å². The van der Waals surface area contributed by atoms with Gasteiger partial charge in [-0.05, 0) is 44.4 Å². The Morgan fingerprint density at radius 1 is 1.16 bits per heavy atom. The van der Waals surface area contributed by atoms with Gasteiger partial charge in [0, 0.05) is 31.4 Å². The normalized spacial score (nSPS) is 15.2. The van der Waals surface area contributed by atoms with Gasteiger partial charge in [-0.15, -0.1) is 0 Å². The van der Waals surface area contributed by atoms with E-state index in [0.29, 0.717) is 18.4 Å². The number of hydrogen-bond acceptors (Lipinski definition) is 4. The molecule has 4 rings (SSSR count). The summed E-state index contributed by atoms with van der Waals surface area (Å²) in [5.74, 6) is 2.11. The highest BCUT2D eigenvalue weighted by atomic mass is 16.4. The van der Waals surface area contributed by atoms with Crippen LogP contribution in [0.25, 0.3) is 11.3 Å². The molecular formula is C25H31N5O. The molecule has 6 heteroatoms. The van der Waals surface area contributed by atoms with Crippen LogP contribution in [0.3, 0.4) is 0 Å². The highest BCUT2D eigenvalue weighted by molar-refractivity contribution is 5.80. The number of aryl methyl sites for hydroxylation is 1. The zero-order valence-electron chi connectivity index (χ0n) is 18.6. The molecule has 3 aromatic rings. The molecule has 0 saturated carbocycles. The van der Waals surface area contributed by atoms with Crippen molar-refractivity contribution in [3.63, 3.8) is 0 Å². The number of aliphatic imine (C=N–C) groups is 1. The van der Waals surface area contributed by atoms with Gasteiger partial charge in [0.15, 0.2) is 11.7 Å². The van der Waals surface area contributed by atoms with Crippen LogP contribution in [0, 0.1) is 6.92 Å². The Morgan fingerprint density at radius 3 is 2.68 bits per heavy atom. The number of nitrogens with zero attached hydrogens (tertiary/aromatic N) is 3. The van der Waals surface area contributed by atoms with Crippen molar-refractivity contribution in [3.05, 3.63) is 71.7 Å². The van der Waals surface area contributed by atoms with E-state index in [-0.39, 0.29) is 6.04 Å². The topological polar surface area (TPSA) is 65.7 Å². The molecule has 6 nitrogen and oxygen atoms in total. The molecule has 1 aliphatic heterocycles. The molecule has 31 heavy (non-hydrogen) atoms. The van der Waals surface area contributed by atoms with Crippen LogP contribution in [0.1, 0.15) is 42.8 Å². The van der Waals surface area contributed by atoms with Crippen LogP contribution in [0.2, 0.25) is 0 Å². The van der Waals surface area contributed by atoms with Crippen molar-refractivity contribution >= 4 is 11.6 Å². The third-order valence-corrected chi connectivity index (χ3v) is 5.71. The third-order valence-electron chi connectivity index (χ3n) is 5.71. The monoisotopic (exact) mass is 417 g/mol. The highest BCUT2D eigenvalue weighted by Gasteiger charge is 2.15. The number of anilines is 1. The zero-order valence-corrected chi connectivity index (χ0v) is 18.6. The van der Waals surface area contributed by atoms with E-state index in [4.69, 9.17) is 4.42 Å². The Kier molecular flexibility index (Phi) is 6.55. The second-order valence-electron chi connectivity index (χ2n) is 8.07. The first-order valence-corrected chi connectivity index (χ1v) is 11.0. The minimum Gasteiger partial charge on any atom is -0.439 e. The van der Waals surface area contributed by atoms with E-state index >= 15 is 0 Å². The van der Waals surface area contributed by atoms with Gasteiger partial charge in [-0.3, -0.25) is 4.99 Å². The molecule has 0 aliphatic carbocycles. The van der Waals surface area contributed by atoms with Crippen molar-refractivity contribution in [1.29, 1.82) is 0 Å². The smallest absolute Gasteiger partial charge is 0.214 e. The maximum Gasteiger partial charge on any atom is 0.214 e. The molecule has 2 aromatic carbocycles. The average Bonchev–Trinajstić information content (AvgIpc) is 3.49. The number of aromatic nitrogens is 1. The van der Waals surface area contributed by atoms with E-state index in [1.54, 1.807) is 13.2 Å². The molecule has 162 valence electrons. The summed E-state index contributed by atoms with van der Waals surface area (Å²) < 4.78 is 5.90. The lowest BCUT2D eigenvalue weighted by Crippen LogP contribution is -2.38. The molecular weight excluding hydrogens is 386 g/mol. The molecule has 1 saturated heterocycles. The minimum atomic E-state index is 0.126. The van der Waals surface area contributed by atoms with Gasteiger partial charge in [0.1, 0.15) is 0 Å². The molecule has 0 bridgehead atoms. The summed E-state index contributed by atoms with van der Waals surface area (Å²) in [6, 6.07) is 17.1. The van der Waals surface area contributed by atoms with E-state index < -0.39 is 0 Å². The standard InChI is InChI=1S/C25H31N5O/c1-18-9-11-20(12-10-18)23-16-27-24(31-23)17-28-25(26-3)29-19(2)21-7-6-8-22(15-21)30-13-4-5-14-30/h6-12,15-16,19H,4-5,13-14,17H2,1-3H3,(H2,26,28,29). The Morgan fingerprint density at radius 2 is 1.94 bits per heavy atom. The lowest BCUT2D eigenvalue weighted by molar-refractivity contribution is 0.496. The fourth-order valence-corrected chi connectivity index (χ4v) is 3.85. The summed E-state index contributed by atoms with van der Waals surface area (Å²) in [4.78, 5) is 11.2. The quantitative estimate of drug-likeness (QED) is 0.450. The van der Waals surface area contributed by atoms with Crippen molar-refractivity contribution in [2.24, 2.45) is 4.99 Å². The molecule has 1 aliphatic rings. The first-order valence-electron chi connectivity index (χ1n) is 11.0. The van der Waals surface area contributed by atoms with Crippen molar-refractivity contribution in [2.45, 2.75) is 39.3 Å². The van der Waals surface area contributed by atoms with E-state index in [2.05, 4.69) is 75.8 Å². The van der Waals surface area contributed by atoms with Crippen LogP contribution in [0.4, 0.5) is 5.69 Å². The molecule has 0 radical (unpaired) electrons. The Hall–Kier alpha value is -3.28. The zero-order chi connectivity index (χ0) is 21.6. The first kappa shape index (κ1) is 21.0. The highest BCUT2D eigenvalue weighted by Crippen LogP contribution is 2.24. The van der Waals surface area contributed by atoms with E-state index in [1.807, 2.05) is 12.1 Å². The van der Waals surface area contributed by atoms with Crippen LogP contribution in [0.5, 0.6) is 0 Å². The lowest BCUT2D eigenvalue weighted by atomic mass is 10.1. The number of hydrogen-bond donors (Lipinski definition) is 2. The molecule has 0 spiro atoms. The number of nitrogens with one attached hydrogen (secondary N) is 2. The number of oxazole rings is 1. The van der Waals surface area contributed by atoms with Crippen molar-refractivity contribution in [1.82, 2.24) is 15.6 Å². The maximum atomic E-state index is 5.90. The summed E-state index contributed by atoms with van der Waals surface area (Å²) in [7, 11) is 1.77. The lowest BCUT2D eigenvalue weighted by Gasteiger charge is -2.22. The van der Waals surface area contributed by atoms with Crippen LogP contribution >= 0.6 is 0 Å². The molecule has 2 N–H and O–H groups in total. The van der Waals surface area contributed by atoms with Gasteiger partial charge in [-0.2, -0.15) is 0 Å². The summed E-state index contributed by atoms with van der Waals surface area (Å²) in [5, 5.41) is 6.77. The Labute approximate surface area is 184 Å². The molecule has 1 atom stereocenters. The molecule has 0 amide bonds. The summed E-state index contributed by atoms with van der Waals surface area (Å²) in [6.45, 7) is 6.98. The largest absolute Gasteiger partial charge is 0.439 e.